The first kappa shape index (κ1) is 11.4. The van der Waals surface area contributed by atoms with Gasteiger partial charge in [0, 0.05) is 6.04 Å². The minimum Gasteiger partial charge on any atom is -0.314 e. The van der Waals surface area contributed by atoms with E-state index in [1.165, 1.54) is 64.3 Å². The van der Waals surface area contributed by atoms with Crippen LogP contribution < -0.4 is 5.32 Å². The summed E-state index contributed by atoms with van der Waals surface area (Å²) in [5, 5.41) is 3.74. The van der Waals surface area contributed by atoms with Crippen molar-refractivity contribution in [2.75, 3.05) is 6.54 Å². The van der Waals surface area contributed by atoms with Crippen LogP contribution in [-0.4, -0.2) is 12.6 Å². The van der Waals surface area contributed by atoms with Gasteiger partial charge in [0.15, 0.2) is 0 Å². The normalized spacial score (nSPS) is 35.0. The zero-order chi connectivity index (χ0) is 10.5. The van der Waals surface area contributed by atoms with Crippen LogP contribution in [0.25, 0.3) is 0 Å². The molecule has 1 saturated carbocycles. The standard InChI is InChI=1S/C14H27N/c1-12-8-9-14(15-11-12)10-13-6-4-2-3-5-7-13/h12-15H,2-11H2,1H3. The molecule has 0 spiro atoms. The highest BCUT2D eigenvalue weighted by molar-refractivity contribution is 4.79. The molecule has 2 fully saturated rings. The predicted octanol–water partition coefficient (Wildman–Crippen LogP) is 3.74. The van der Waals surface area contributed by atoms with Crippen molar-refractivity contribution in [2.45, 2.75) is 70.8 Å². The van der Waals surface area contributed by atoms with Crippen molar-refractivity contribution >= 4 is 0 Å². The summed E-state index contributed by atoms with van der Waals surface area (Å²) in [6.07, 6.45) is 13.3. The summed E-state index contributed by atoms with van der Waals surface area (Å²) in [4.78, 5) is 0. The molecule has 1 aliphatic carbocycles. The fraction of sp³-hybridized carbons (Fsp3) is 1.00. The van der Waals surface area contributed by atoms with Crippen LogP contribution in [0.2, 0.25) is 0 Å². The van der Waals surface area contributed by atoms with Gasteiger partial charge in [0.1, 0.15) is 0 Å². The van der Waals surface area contributed by atoms with Gasteiger partial charge in [-0.25, -0.2) is 0 Å². The van der Waals surface area contributed by atoms with Crippen LogP contribution in [0.5, 0.6) is 0 Å². The topological polar surface area (TPSA) is 12.0 Å². The molecule has 1 heterocycles. The van der Waals surface area contributed by atoms with Crippen molar-refractivity contribution < 1.29 is 0 Å². The molecule has 2 atom stereocenters. The molecule has 1 aliphatic heterocycles. The molecular formula is C14H27N. The Morgan fingerprint density at radius 2 is 1.67 bits per heavy atom. The summed E-state index contributed by atoms with van der Waals surface area (Å²) in [6, 6.07) is 0.851. The van der Waals surface area contributed by atoms with E-state index in [1.807, 2.05) is 0 Å². The fourth-order valence-electron chi connectivity index (χ4n) is 3.26. The van der Waals surface area contributed by atoms with E-state index in [-0.39, 0.29) is 0 Å². The Kier molecular flexibility index (Phi) is 4.49. The van der Waals surface area contributed by atoms with Gasteiger partial charge in [-0.15, -0.1) is 0 Å². The molecule has 1 nitrogen and oxygen atoms in total. The molecule has 0 radical (unpaired) electrons. The highest BCUT2D eigenvalue weighted by Gasteiger charge is 2.21. The molecule has 2 rings (SSSR count). The molecule has 0 aromatic rings. The van der Waals surface area contributed by atoms with Gasteiger partial charge < -0.3 is 5.32 Å². The van der Waals surface area contributed by atoms with Crippen molar-refractivity contribution in [1.29, 1.82) is 0 Å². The Morgan fingerprint density at radius 3 is 2.27 bits per heavy atom. The maximum Gasteiger partial charge on any atom is 0.00699 e. The van der Waals surface area contributed by atoms with E-state index in [2.05, 4.69) is 12.2 Å². The molecule has 1 saturated heterocycles. The molecule has 15 heavy (non-hydrogen) atoms. The minimum absolute atomic E-state index is 0.851. The highest BCUT2D eigenvalue weighted by Crippen LogP contribution is 2.28. The first-order valence-electron chi connectivity index (χ1n) is 7.08. The molecule has 1 heteroatoms. The number of hydrogen-bond donors (Lipinski definition) is 1. The van der Waals surface area contributed by atoms with Crippen LogP contribution in [0.1, 0.15) is 64.7 Å². The molecular weight excluding hydrogens is 182 g/mol. The summed E-state index contributed by atoms with van der Waals surface area (Å²) < 4.78 is 0. The third-order valence-electron chi connectivity index (χ3n) is 4.36. The monoisotopic (exact) mass is 209 g/mol. The van der Waals surface area contributed by atoms with Crippen LogP contribution in [0.3, 0.4) is 0 Å². The summed E-state index contributed by atoms with van der Waals surface area (Å²) in [6.45, 7) is 3.63. The van der Waals surface area contributed by atoms with Crippen LogP contribution in [0.15, 0.2) is 0 Å². The fourth-order valence-corrected chi connectivity index (χ4v) is 3.26. The number of nitrogens with one attached hydrogen (secondary N) is 1. The second-order valence-electron chi connectivity index (χ2n) is 5.88. The molecule has 0 bridgehead atoms. The number of rotatable bonds is 2. The highest BCUT2D eigenvalue weighted by atomic mass is 14.9. The van der Waals surface area contributed by atoms with Gasteiger partial charge in [-0.1, -0.05) is 45.4 Å². The van der Waals surface area contributed by atoms with Crippen molar-refractivity contribution in [2.24, 2.45) is 11.8 Å². The first-order valence-corrected chi connectivity index (χ1v) is 7.08. The maximum atomic E-state index is 3.74. The van der Waals surface area contributed by atoms with Gasteiger partial charge in [-0.05, 0) is 37.6 Å². The van der Waals surface area contributed by atoms with Gasteiger partial charge in [0.2, 0.25) is 0 Å². The lowest BCUT2D eigenvalue weighted by atomic mass is 9.87. The van der Waals surface area contributed by atoms with Gasteiger partial charge in [0.25, 0.3) is 0 Å². The molecule has 0 aromatic heterocycles. The van der Waals surface area contributed by atoms with Gasteiger partial charge >= 0.3 is 0 Å². The number of piperidine rings is 1. The van der Waals surface area contributed by atoms with Crippen molar-refractivity contribution in [3.63, 3.8) is 0 Å². The Hall–Kier alpha value is -0.0400. The second-order valence-corrected chi connectivity index (χ2v) is 5.88. The lowest BCUT2D eigenvalue weighted by Crippen LogP contribution is -2.39. The summed E-state index contributed by atoms with van der Waals surface area (Å²) in [7, 11) is 0. The quantitative estimate of drug-likeness (QED) is 0.683. The van der Waals surface area contributed by atoms with E-state index < -0.39 is 0 Å². The SMILES string of the molecule is CC1CCC(CC2CCCCCC2)NC1. The predicted molar refractivity (Wildman–Crippen MR) is 66.0 cm³/mol. The molecule has 88 valence electrons. The Labute approximate surface area is 95.0 Å². The third kappa shape index (κ3) is 3.79. The van der Waals surface area contributed by atoms with E-state index >= 15 is 0 Å². The van der Waals surface area contributed by atoms with E-state index in [4.69, 9.17) is 0 Å². The van der Waals surface area contributed by atoms with E-state index in [0.717, 1.165) is 17.9 Å². The average molecular weight is 209 g/mol. The van der Waals surface area contributed by atoms with Crippen LogP contribution >= 0.6 is 0 Å². The van der Waals surface area contributed by atoms with Gasteiger partial charge in [0.05, 0.1) is 0 Å². The molecule has 1 N–H and O–H groups in total. The van der Waals surface area contributed by atoms with Gasteiger partial charge in [-0.2, -0.15) is 0 Å². The third-order valence-corrected chi connectivity index (χ3v) is 4.36. The van der Waals surface area contributed by atoms with E-state index in [9.17, 15) is 0 Å². The Morgan fingerprint density at radius 1 is 0.933 bits per heavy atom. The average Bonchev–Trinajstić information content (AvgIpc) is 2.50. The Bertz CT molecular complexity index is 162. The lowest BCUT2D eigenvalue weighted by Gasteiger charge is -2.30. The maximum absolute atomic E-state index is 3.74. The second kappa shape index (κ2) is 5.89. The molecule has 0 aromatic carbocycles. The summed E-state index contributed by atoms with van der Waals surface area (Å²) in [5.74, 6) is 1.95. The van der Waals surface area contributed by atoms with E-state index in [0.29, 0.717) is 0 Å². The smallest absolute Gasteiger partial charge is 0.00699 e. The first-order chi connectivity index (χ1) is 7.34. The largest absolute Gasteiger partial charge is 0.314 e. The zero-order valence-corrected chi connectivity index (χ0v) is 10.3. The van der Waals surface area contributed by atoms with E-state index in [1.54, 1.807) is 0 Å². The van der Waals surface area contributed by atoms with Crippen molar-refractivity contribution in [1.82, 2.24) is 5.32 Å². The van der Waals surface area contributed by atoms with Crippen LogP contribution in [-0.2, 0) is 0 Å². The lowest BCUT2D eigenvalue weighted by molar-refractivity contribution is 0.272. The van der Waals surface area contributed by atoms with Crippen molar-refractivity contribution in [3.8, 4) is 0 Å². The zero-order valence-electron chi connectivity index (χ0n) is 10.3. The van der Waals surface area contributed by atoms with Crippen molar-refractivity contribution in [3.05, 3.63) is 0 Å². The minimum atomic E-state index is 0.851. The van der Waals surface area contributed by atoms with Crippen LogP contribution in [0.4, 0.5) is 0 Å². The molecule has 2 aliphatic rings. The number of hydrogen-bond acceptors (Lipinski definition) is 1. The molecule has 2 unspecified atom stereocenters. The molecule has 0 amide bonds. The van der Waals surface area contributed by atoms with Gasteiger partial charge in [-0.3, -0.25) is 0 Å². The summed E-state index contributed by atoms with van der Waals surface area (Å²) in [5.41, 5.74) is 0. The van der Waals surface area contributed by atoms with Crippen LogP contribution in [0, 0.1) is 11.8 Å². The Balaban J connectivity index is 1.70. The summed E-state index contributed by atoms with van der Waals surface area (Å²) >= 11 is 0.